The predicted molar refractivity (Wildman–Crippen MR) is 77.2 cm³/mol. The van der Waals surface area contributed by atoms with Gasteiger partial charge in [0.05, 0.1) is 6.54 Å². The molecule has 1 aliphatic heterocycles. The van der Waals surface area contributed by atoms with Gasteiger partial charge in [0.25, 0.3) is 0 Å². The molecule has 0 aliphatic carbocycles. The molecule has 1 amide bonds. The van der Waals surface area contributed by atoms with Crippen LogP contribution in [-0.4, -0.2) is 43.0 Å². The molecule has 1 aromatic rings. The second-order valence-corrected chi connectivity index (χ2v) is 5.43. The third kappa shape index (κ3) is 4.82. The van der Waals surface area contributed by atoms with E-state index in [1.54, 1.807) is 0 Å². The number of amides is 1. The molecule has 1 saturated heterocycles. The van der Waals surface area contributed by atoms with Crippen molar-refractivity contribution in [1.29, 1.82) is 0 Å². The quantitative estimate of drug-likeness (QED) is 0.873. The zero-order chi connectivity index (χ0) is 13.7. The van der Waals surface area contributed by atoms with Crippen molar-refractivity contribution in [3.8, 4) is 0 Å². The minimum atomic E-state index is 0.0732. The Balaban J connectivity index is 1.73. The average molecular weight is 282 g/mol. The Bertz CT molecular complexity index is 421. The number of rotatable bonds is 4. The molecule has 19 heavy (non-hydrogen) atoms. The van der Waals surface area contributed by atoms with Crippen LogP contribution in [0.2, 0.25) is 5.02 Å². The monoisotopic (exact) mass is 281 g/mol. The summed E-state index contributed by atoms with van der Waals surface area (Å²) in [5, 5.41) is 7.01. The first kappa shape index (κ1) is 14.3. The average Bonchev–Trinajstić information content (AvgIpc) is 2.38. The van der Waals surface area contributed by atoms with E-state index in [-0.39, 0.29) is 5.91 Å². The molecule has 0 unspecified atom stereocenters. The largest absolute Gasteiger partial charge is 0.351 e. The number of carbonyl (C=O) groups is 1. The molecule has 1 atom stereocenters. The Morgan fingerprint density at radius 1 is 1.47 bits per heavy atom. The number of halogens is 1. The van der Waals surface area contributed by atoms with Gasteiger partial charge in [-0.1, -0.05) is 23.7 Å². The van der Waals surface area contributed by atoms with Gasteiger partial charge in [-0.05, 0) is 24.6 Å². The van der Waals surface area contributed by atoms with E-state index in [9.17, 15) is 4.79 Å². The maximum Gasteiger partial charge on any atom is 0.234 e. The lowest BCUT2D eigenvalue weighted by Crippen LogP contribution is -2.51. The van der Waals surface area contributed by atoms with Gasteiger partial charge in [0.1, 0.15) is 0 Å². The highest BCUT2D eigenvalue weighted by molar-refractivity contribution is 6.30. The molecule has 0 aromatic heterocycles. The van der Waals surface area contributed by atoms with Crippen LogP contribution in [0.4, 0.5) is 0 Å². The van der Waals surface area contributed by atoms with E-state index in [1.165, 1.54) is 0 Å². The minimum absolute atomic E-state index is 0.0732. The molecule has 5 heteroatoms. The molecule has 1 heterocycles. The first-order valence-corrected chi connectivity index (χ1v) is 6.98. The van der Waals surface area contributed by atoms with Crippen LogP contribution < -0.4 is 10.6 Å². The molecule has 104 valence electrons. The lowest BCUT2D eigenvalue weighted by atomic mass is 10.2. The number of carbonyl (C=O) groups excluding carboxylic acids is 1. The molecule has 1 fully saturated rings. The molecule has 0 radical (unpaired) electrons. The van der Waals surface area contributed by atoms with Crippen LogP contribution in [-0.2, 0) is 11.3 Å². The summed E-state index contributed by atoms with van der Waals surface area (Å²) in [5.74, 6) is 0.0732. The van der Waals surface area contributed by atoms with Gasteiger partial charge in [0.15, 0.2) is 0 Å². The molecule has 4 nitrogen and oxygen atoms in total. The van der Waals surface area contributed by atoms with Crippen LogP contribution in [0.3, 0.4) is 0 Å². The normalized spacial score (nSPS) is 20.2. The van der Waals surface area contributed by atoms with Crippen LogP contribution in [0.25, 0.3) is 0 Å². The molecule has 0 saturated carbocycles. The van der Waals surface area contributed by atoms with Crippen molar-refractivity contribution in [3.05, 3.63) is 34.9 Å². The van der Waals surface area contributed by atoms with Gasteiger partial charge in [-0.25, -0.2) is 0 Å². The van der Waals surface area contributed by atoms with Gasteiger partial charge < -0.3 is 10.6 Å². The zero-order valence-electron chi connectivity index (χ0n) is 11.2. The fraction of sp³-hybridized carbons (Fsp3) is 0.500. The summed E-state index contributed by atoms with van der Waals surface area (Å²) in [6, 6.07) is 7.98. The Hall–Kier alpha value is -1.10. The Morgan fingerprint density at radius 3 is 2.89 bits per heavy atom. The number of benzene rings is 1. The molecule has 0 bridgehead atoms. The van der Waals surface area contributed by atoms with Crippen LogP contribution in [0.5, 0.6) is 0 Å². The maximum atomic E-state index is 11.9. The van der Waals surface area contributed by atoms with Crippen molar-refractivity contribution in [2.75, 3.05) is 26.2 Å². The van der Waals surface area contributed by atoms with Gasteiger partial charge in [-0.3, -0.25) is 9.69 Å². The van der Waals surface area contributed by atoms with Crippen molar-refractivity contribution < 1.29 is 4.79 Å². The SMILES string of the molecule is C[C@@H]1CN(CC(=O)NCc2ccc(Cl)cc2)CCN1. The first-order chi connectivity index (χ1) is 9.13. The van der Waals surface area contributed by atoms with Crippen LogP contribution in [0, 0.1) is 0 Å². The highest BCUT2D eigenvalue weighted by Gasteiger charge is 2.17. The van der Waals surface area contributed by atoms with Crippen molar-refractivity contribution >= 4 is 17.5 Å². The van der Waals surface area contributed by atoms with E-state index < -0.39 is 0 Å². The number of hydrogen-bond donors (Lipinski definition) is 2. The number of nitrogens with zero attached hydrogens (tertiary/aromatic N) is 1. The Kier molecular flexibility index (Phi) is 5.19. The smallest absolute Gasteiger partial charge is 0.234 e. The first-order valence-electron chi connectivity index (χ1n) is 6.60. The molecule has 0 spiro atoms. The van der Waals surface area contributed by atoms with Crippen molar-refractivity contribution in [2.24, 2.45) is 0 Å². The minimum Gasteiger partial charge on any atom is -0.351 e. The van der Waals surface area contributed by atoms with Crippen LogP contribution >= 0.6 is 11.6 Å². The highest BCUT2D eigenvalue weighted by atomic mass is 35.5. The van der Waals surface area contributed by atoms with E-state index in [1.807, 2.05) is 24.3 Å². The predicted octanol–water partition coefficient (Wildman–Crippen LogP) is 1.25. The number of piperazine rings is 1. The molecular weight excluding hydrogens is 262 g/mol. The molecule has 1 aliphatic rings. The molecule has 2 rings (SSSR count). The van der Waals surface area contributed by atoms with Crippen LogP contribution in [0.1, 0.15) is 12.5 Å². The van der Waals surface area contributed by atoms with Crippen molar-refractivity contribution in [1.82, 2.24) is 15.5 Å². The van der Waals surface area contributed by atoms with Gasteiger partial charge in [-0.15, -0.1) is 0 Å². The number of hydrogen-bond acceptors (Lipinski definition) is 3. The number of nitrogens with one attached hydrogen (secondary N) is 2. The summed E-state index contributed by atoms with van der Waals surface area (Å²) in [7, 11) is 0. The summed E-state index contributed by atoms with van der Waals surface area (Å²) in [5.41, 5.74) is 1.06. The Morgan fingerprint density at radius 2 is 2.21 bits per heavy atom. The molecule has 2 N–H and O–H groups in total. The van der Waals surface area contributed by atoms with E-state index >= 15 is 0 Å². The third-order valence-corrected chi connectivity index (χ3v) is 3.48. The van der Waals surface area contributed by atoms with E-state index in [0.717, 1.165) is 25.2 Å². The summed E-state index contributed by atoms with van der Waals surface area (Å²) in [4.78, 5) is 14.0. The summed E-state index contributed by atoms with van der Waals surface area (Å²) in [6.45, 7) is 5.97. The van der Waals surface area contributed by atoms with E-state index in [0.29, 0.717) is 24.2 Å². The fourth-order valence-corrected chi connectivity index (χ4v) is 2.34. The maximum absolute atomic E-state index is 11.9. The third-order valence-electron chi connectivity index (χ3n) is 3.22. The lowest BCUT2D eigenvalue weighted by Gasteiger charge is -2.31. The van der Waals surface area contributed by atoms with Gasteiger partial charge in [-0.2, -0.15) is 0 Å². The van der Waals surface area contributed by atoms with E-state index in [2.05, 4.69) is 22.5 Å². The lowest BCUT2D eigenvalue weighted by molar-refractivity contribution is -0.122. The zero-order valence-corrected chi connectivity index (χ0v) is 11.9. The Labute approximate surface area is 119 Å². The summed E-state index contributed by atoms with van der Waals surface area (Å²) < 4.78 is 0. The van der Waals surface area contributed by atoms with Gasteiger partial charge in [0, 0.05) is 37.2 Å². The summed E-state index contributed by atoms with van der Waals surface area (Å²) >= 11 is 5.82. The van der Waals surface area contributed by atoms with Gasteiger partial charge >= 0.3 is 0 Å². The molecule has 1 aromatic carbocycles. The fourth-order valence-electron chi connectivity index (χ4n) is 2.22. The second-order valence-electron chi connectivity index (χ2n) is 4.99. The van der Waals surface area contributed by atoms with Gasteiger partial charge in [0.2, 0.25) is 5.91 Å². The van der Waals surface area contributed by atoms with Crippen molar-refractivity contribution in [3.63, 3.8) is 0 Å². The summed E-state index contributed by atoms with van der Waals surface area (Å²) in [6.07, 6.45) is 0. The molecular formula is C14H20ClN3O. The standard InChI is InChI=1S/C14H20ClN3O/c1-11-9-18(7-6-16-11)10-14(19)17-8-12-2-4-13(15)5-3-12/h2-5,11,16H,6-10H2,1H3,(H,17,19)/t11-/m1/s1. The van der Waals surface area contributed by atoms with Crippen molar-refractivity contribution in [2.45, 2.75) is 19.5 Å². The highest BCUT2D eigenvalue weighted by Crippen LogP contribution is 2.09. The second kappa shape index (κ2) is 6.89. The topological polar surface area (TPSA) is 44.4 Å². The van der Waals surface area contributed by atoms with E-state index in [4.69, 9.17) is 11.6 Å². The van der Waals surface area contributed by atoms with Crippen LogP contribution in [0.15, 0.2) is 24.3 Å².